The summed E-state index contributed by atoms with van der Waals surface area (Å²) >= 11 is 0. The van der Waals surface area contributed by atoms with E-state index in [0.717, 1.165) is 0 Å². The van der Waals surface area contributed by atoms with Crippen LogP contribution in [0.5, 0.6) is 0 Å². The van der Waals surface area contributed by atoms with Crippen molar-refractivity contribution in [3.8, 4) is 11.3 Å². The first-order valence-electron chi connectivity index (χ1n) is 7.10. The molecule has 0 fully saturated rings. The fraction of sp³-hybridized carbons (Fsp3) is 0.222. The van der Waals surface area contributed by atoms with Crippen molar-refractivity contribution in [3.63, 3.8) is 0 Å². The van der Waals surface area contributed by atoms with Crippen molar-refractivity contribution in [2.75, 3.05) is 0 Å². The summed E-state index contributed by atoms with van der Waals surface area (Å²) in [5.74, 6) is -0.388. The summed E-state index contributed by atoms with van der Waals surface area (Å²) in [5, 5.41) is 0. The predicted octanol–water partition coefficient (Wildman–Crippen LogP) is 4.77. The van der Waals surface area contributed by atoms with Crippen molar-refractivity contribution in [2.45, 2.75) is 26.4 Å². The van der Waals surface area contributed by atoms with Crippen LogP contribution < -0.4 is 0 Å². The number of halogens is 2. The van der Waals surface area contributed by atoms with E-state index < -0.39 is 6.17 Å². The molecule has 2 nitrogen and oxygen atoms in total. The van der Waals surface area contributed by atoms with Crippen LogP contribution in [0, 0.1) is 12.7 Å². The second-order valence-corrected chi connectivity index (χ2v) is 5.01. The van der Waals surface area contributed by atoms with Gasteiger partial charge in [0, 0.05) is 16.8 Å². The number of pyridine rings is 1. The van der Waals surface area contributed by atoms with Crippen LogP contribution in [0.1, 0.15) is 35.0 Å². The number of aromatic nitrogens is 1. The van der Waals surface area contributed by atoms with Crippen molar-refractivity contribution in [1.29, 1.82) is 0 Å². The minimum Gasteiger partial charge on any atom is -0.298 e. The molecule has 0 radical (unpaired) electrons. The summed E-state index contributed by atoms with van der Waals surface area (Å²) in [6.45, 7) is 3.53. The van der Waals surface area contributed by atoms with Gasteiger partial charge in [0.1, 0.15) is 12.0 Å². The van der Waals surface area contributed by atoms with Gasteiger partial charge in [0.25, 0.3) is 0 Å². The molecule has 2 rings (SSSR count). The van der Waals surface area contributed by atoms with E-state index in [9.17, 15) is 13.6 Å². The molecule has 1 aromatic heterocycles. The molecule has 114 valence electrons. The van der Waals surface area contributed by atoms with Crippen LogP contribution in [0.25, 0.3) is 17.3 Å². The Kier molecular flexibility index (Phi) is 5.15. The minimum atomic E-state index is -1.03. The number of nitrogens with zero attached hydrogens (tertiary/aromatic N) is 1. The molecule has 0 aliphatic rings. The summed E-state index contributed by atoms with van der Waals surface area (Å²) in [4.78, 5) is 15.7. The standard InChI is InChI=1S/C18H17F2NO/c1-3-16(19)8-7-13-9-15(11-22)18(21-12(13)2)14-5-4-6-17(20)10-14/h4-11,16H,3H2,1-2H3/b8-7-. The van der Waals surface area contributed by atoms with Gasteiger partial charge in [-0.05, 0) is 37.1 Å². The lowest BCUT2D eigenvalue weighted by molar-refractivity contribution is 0.112. The maximum absolute atomic E-state index is 13.3. The molecule has 0 saturated heterocycles. The molecule has 1 atom stereocenters. The number of hydrogen-bond donors (Lipinski definition) is 0. The van der Waals surface area contributed by atoms with E-state index in [-0.39, 0.29) is 5.82 Å². The molecular formula is C18H17F2NO. The quantitative estimate of drug-likeness (QED) is 0.745. The Morgan fingerprint density at radius 2 is 2.05 bits per heavy atom. The zero-order valence-electron chi connectivity index (χ0n) is 12.5. The summed E-state index contributed by atoms with van der Waals surface area (Å²) in [7, 11) is 0. The molecule has 1 heterocycles. The average molecular weight is 301 g/mol. The van der Waals surface area contributed by atoms with Gasteiger partial charge in [0.2, 0.25) is 0 Å². The van der Waals surface area contributed by atoms with E-state index in [1.807, 2.05) is 0 Å². The van der Waals surface area contributed by atoms with Crippen molar-refractivity contribution in [3.05, 3.63) is 59.0 Å². The first-order chi connectivity index (χ1) is 10.5. The minimum absolute atomic E-state index is 0.350. The van der Waals surface area contributed by atoms with E-state index in [2.05, 4.69) is 4.98 Å². The number of benzene rings is 1. The third-order valence-electron chi connectivity index (χ3n) is 3.38. The van der Waals surface area contributed by atoms with Crippen LogP contribution >= 0.6 is 0 Å². The number of aldehydes is 1. The highest BCUT2D eigenvalue weighted by molar-refractivity contribution is 5.87. The van der Waals surface area contributed by atoms with Gasteiger partial charge in [-0.25, -0.2) is 8.78 Å². The third kappa shape index (κ3) is 3.64. The molecule has 2 aromatic rings. The lowest BCUT2D eigenvalue weighted by Crippen LogP contribution is -1.98. The molecule has 22 heavy (non-hydrogen) atoms. The van der Waals surface area contributed by atoms with Crippen LogP contribution in [-0.4, -0.2) is 17.4 Å². The highest BCUT2D eigenvalue weighted by Crippen LogP contribution is 2.24. The highest BCUT2D eigenvalue weighted by Gasteiger charge is 2.10. The largest absolute Gasteiger partial charge is 0.298 e. The zero-order chi connectivity index (χ0) is 16.1. The second kappa shape index (κ2) is 7.07. The van der Waals surface area contributed by atoms with Gasteiger partial charge in [0.05, 0.1) is 5.69 Å². The number of hydrogen-bond acceptors (Lipinski definition) is 2. The monoisotopic (exact) mass is 301 g/mol. The molecule has 0 bridgehead atoms. The van der Waals surface area contributed by atoms with Crippen molar-refractivity contribution >= 4 is 12.4 Å². The number of carbonyl (C=O) groups is 1. The Morgan fingerprint density at radius 3 is 2.68 bits per heavy atom. The summed E-state index contributed by atoms with van der Waals surface area (Å²) < 4.78 is 26.7. The smallest absolute Gasteiger partial charge is 0.152 e. The van der Waals surface area contributed by atoms with E-state index in [1.165, 1.54) is 18.2 Å². The van der Waals surface area contributed by atoms with Gasteiger partial charge in [-0.1, -0.05) is 31.2 Å². The van der Waals surface area contributed by atoms with Gasteiger partial charge >= 0.3 is 0 Å². The molecule has 1 aromatic carbocycles. The van der Waals surface area contributed by atoms with Crippen LogP contribution in [0.4, 0.5) is 8.78 Å². The molecule has 0 amide bonds. The Bertz CT molecular complexity index is 710. The van der Waals surface area contributed by atoms with Crippen LogP contribution in [0.3, 0.4) is 0 Å². The summed E-state index contributed by atoms with van der Waals surface area (Å²) in [6.07, 6.45) is 3.11. The zero-order valence-corrected chi connectivity index (χ0v) is 12.5. The Morgan fingerprint density at radius 1 is 1.27 bits per heavy atom. The van der Waals surface area contributed by atoms with Gasteiger partial charge in [-0.2, -0.15) is 0 Å². The lowest BCUT2D eigenvalue weighted by Gasteiger charge is -2.09. The van der Waals surface area contributed by atoms with Gasteiger partial charge in [-0.3, -0.25) is 9.78 Å². The molecule has 0 aliphatic carbocycles. The SMILES string of the molecule is CCC(F)/C=C\c1cc(C=O)c(-c2cccc(F)c2)nc1C. The van der Waals surface area contributed by atoms with E-state index in [4.69, 9.17) is 0 Å². The van der Waals surface area contributed by atoms with E-state index >= 15 is 0 Å². The maximum atomic E-state index is 13.3. The van der Waals surface area contributed by atoms with Crippen molar-refractivity contribution in [1.82, 2.24) is 4.98 Å². The molecule has 4 heteroatoms. The topological polar surface area (TPSA) is 30.0 Å². The fourth-order valence-electron chi connectivity index (χ4n) is 2.11. The van der Waals surface area contributed by atoms with Crippen molar-refractivity contribution in [2.24, 2.45) is 0 Å². The third-order valence-corrected chi connectivity index (χ3v) is 3.38. The number of rotatable bonds is 5. The molecule has 0 spiro atoms. The maximum Gasteiger partial charge on any atom is 0.152 e. The van der Waals surface area contributed by atoms with Gasteiger partial charge in [0.15, 0.2) is 6.29 Å². The van der Waals surface area contributed by atoms with Gasteiger partial charge in [-0.15, -0.1) is 0 Å². The average Bonchev–Trinajstić information content (AvgIpc) is 2.53. The Labute approximate surface area is 128 Å². The highest BCUT2D eigenvalue weighted by atomic mass is 19.1. The Balaban J connectivity index is 2.48. The fourth-order valence-corrected chi connectivity index (χ4v) is 2.11. The van der Waals surface area contributed by atoms with E-state index in [0.29, 0.717) is 40.8 Å². The van der Waals surface area contributed by atoms with Crippen LogP contribution in [0.2, 0.25) is 0 Å². The molecule has 1 unspecified atom stereocenters. The number of alkyl halides is 1. The lowest BCUT2D eigenvalue weighted by atomic mass is 10.0. The molecule has 0 aliphatic heterocycles. The van der Waals surface area contributed by atoms with E-state index in [1.54, 1.807) is 38.1 Å². The normalized spacial score (nSPS) is 12.5. The van der Waals surface area contributed by atoms with Gasteiger partial charge < -0.3 is 0 Å². The molecular weight excluding hydrogens is 284 g/mol. The summed E-state index contributed by atoms with van der Waals surface area (Å²) in [6, 6.07) is 7.58. The van der Waals surface area contributed by atoms with Crippen LogP contribution in [0.15, 0.2) is 36.4 Å². The first-order valence-corrected chi connectivity index (χ1v) is 7.10. The number of carbonyl (C=O) groups excluding carboxylic acids is 1. The van der Waals surface area contributed by atoms with Crippen LogP contribution in [-0.2, 0) is 0 Å². The predicted molar refractivity (Wildman–Crippen MR) is 84.0 cm³/mol. The molecule has 0 saturated carbocycles. The molecule has 0 N–H and O–H groups in total. The Hall–Kier alpha value is -2.36. The first kappa shape index (κ1) is 16.0. The second-order valence-electron chi connectivity index (χ2n) is 5.01. The number of aryl methyl sites for hydroxylation is 1. The summed E-state index contributed by atoms with van der Waals surface area (Å²) in [5.41, 5.74) is 2.65. The van der Waals surface area contributed by atoms with Crippen molar-refractivity contribution < 1.29 is 13.6 Å². The number of allylic oxidation sites excluding steroid dienone is 1.